The number of amides is 1. The molecule has 0 aliphatic carbocycles. The van der Waals surface area contributed by atoms with Crippen LogP contribution in [0.3, 0.4) is 0 Å². The Morgan fingerprint density at radius 2 is 2.44 bits per heavy atom. The van der Waals surface area contributed by atoms with E-state index in [4.69, 9.17) is 17.3 Å². The van der Waals surface area contributed by atoms with E-state index in [2.05, 4.69) is 4.98 Å². The van der Waals surface area contributed by atoms with Gasteiger partial charge in [-0.2, -0.15) is 0 Å². The Kier molecular flexibility index (Phi) is 4.55. The van der Waals surface area contributed by atoms with Crippen molar-refractivity contribution in [2.75, 3.05) is 19.6 Å². The number of halogens is 1. The summed E-state index contributed by atoms with van der Waals surface area (Å²) in [6, 6.07) is 1.68. The van der Waals surface area contributed by atoms with Gasteiger partial charge in [-0.25, -0.2) is 0 Å². The lowest BCUT2D eigenvalue weighted by Gasteiger charge is -2.32. The van der Waals surface area contributed by atoms with Crippen LogP contribution < -0.4 is 5.73 Å². The first kappa shape index (κ1) is 13.3. The van der Waals surface area contributed by atoms with Gasteiger partial charge in [0.25, 0.3) is 5.91 Å². The molecule has 2 rings (SSSR count). The van der Waals surface area contributed by atoms with E-state index in [1.807, 2.05) is 4.90 Å². The van der Waals surface area contributed by atoms with Gasteiger partial charge in [-0.1, -0.05) is 11.6 Å². The fraction of sp³-hybridized carbons (Fsp3) is 0.538. The van der Waals surface area contributed by atoms with Crippen molar-refractivity contribution in [3.63, 3.8) is 0 Å². The summed E-state index contributed by atoms with van der Waals surface area (Å²) in [5, 5.41) is 0.420. The van der Waals surface area contributed by atoms with E-state index in [-0.39, 0.29) is 5.91 Å². The molecule has 1 aromatic heterocycles. The second-order valence-corrected chi connectivity index (χ2v) is 5.10. The molecule has 1 saturated heterocycles. The van der Waals surface area contributed by atoms with Crippen molar-refractivity contribution in [3.8, 4) is 0 Å². The van der Waals surface area contributed by atoms with E-state index in [1.165, 1.54) is 6.20 Å². The number of aromatic nitrogens is 1. The van der Waals surface area contributed by atoms with E-state index in [1.54, 1.807) is 12.3 Å². The van der Waals surface area contributed by atoms with Crippen molar-refractivity contribution in [1.29, 1.82) is 0 Å². The fourth-order valence-corrected chi connectivity index (χ4v) is 2.64. The standard InChI is InChI=1S/C13H18ClN3O/c14-12-8-16-6-4-11(12)13(18)17-7-1-2-10(9-17)3-5-15/h4,6,8,10H,1-3,5,7,9,15H2. The van der Waals surface area contributed by atoms with E-state index in [0.29, 0.717) is 23.0 Å². The number of carbonyl (C=O) groups is 1. The average Bonchev–Trinajstić information content (AvgIpc) is 2.39. The molecule has 1 atom stereocenters. The predicted molar refractivity (Wildman–Crippen MR) is 71.5 cm³/mol. The summed E-state index contributed by atoms with van der Waals surface area (Å²) in [4.78, 5) is 18.1. The van der Waals surface area contributed by atoms with Crippen LogP contribution in [0.2, 0.25) is 5.02 Å². The lowest BCUT2D eigenvalue weighted by Crippen LogP contribution is -2.40. The molecule has 1 aliphatic rings. The van der Waals surface area contributed by atoms with Crippen molar-refractivity contribution in [2.45, 2.75) is 19.3 Å². The van der Waals surface area contributed by atoms with Crippen molar-refractivity contribution in [3.05, 3.63) is 29.0 Å². The molecular formula is C13H18ClN3O. The minimum Gasteiger partial charge on any atom is -0.338 e. The van der Waals surface area contributed by atoms with Gasteiger partial charge in [0.05, 0.1) is 10.6 Å². The molecule has 0 aromatic carbocycles. The Hall–Kier alpha value is -1.13. The number of piperidine rings is 1. The monoisotopic (exact) mass is 267 g/mol. The molecule has 1 unspecified atom stereocenters. The largest absolute Gasteiger partial charge is 0.338 e. The van der Waals surface area contributed by atoms with E-state index in [9.17, 15) is 4.79 Å². The van der Waals surface area contributed by atoms with Gasteiger partial charge in [0.15, 0.2) is 0 Å². The lowest BCUT2D eigenvalue weighted by molar-refractivity contribution is 0.0669. The van der Waals surface area contributed by atoms with Crippen LogP contribution in [0, 0.1) is 5.92 Å². The summed E-state index contributed by atoms with van der Waals surface area (Å²) in [5.74, 6) is 0.525. The van der Waals surface area contributed by atoms with Gasteiger partial charge >= 0.3 is 0 Å². The SMILES string of the molecule is NCCC1CCCN(C(=O)c2ccncc2Cl)C1. The topological polar surface area (TPSA) is 59.2 Å². The van der Waals surface area contributed by atoms with Gasteiger partial charge in [0.1, 0.15) is 0 Å². The van der Waals surface area contributed by atoms with Crippen LogP contribution in [0.5, 0.6) is 0 Å². The Morgan fingerprint density at radius 1 is 1.61 bits per heavy atom. The third-order valence-corrected chi connectivity index (χ3v) is 3.69. The molecule has 0 saturated carbocycles. The maximum Gasteiger partial charge on any atom is 0.255 e. The van der Waals surface area contributed by atoms with Crippen LogP contribution in [0.25, 0.3) is 0 Å². The molecule has 2 heterocycles. The smallest absolute Gasteiger partial charge is 0.255 e. The molecule has 18 heavy (non-hydrogen) atoms. The highest BCUT2D eigenvalue weighted by Gasteiger charge is 2.25. The number of likely N-dealkylation sites (tertiary alicyclic amines) is 1. The zero-order valence-electron chi connectivity index (χ0n) is 10.3. The van der Waals surface area contributed by atoms with Crippen molar-refractivity contribution >= 4 is 17.5 Å². The van der Waals surface area contributed by atoms with E-state index < -0.39 is 0 Å². The molecule has 2 N–H and O–H groups in total. The van der Waals surface area contributed by atoms with E-state index >= 15 is 0 Å². The molecular weight excluding hydrogens is 250 g/mol. The van der Waals surface area contributed by atoms with Crippen molar-refractivity contribution < 1.29 is 4.79 Å². The second kappa shape index (κ2) is 6.16. The highest BCUT2D eigenvalue weighted by Crippen LogP contribution is 2.22. The molecule has 1 fully saturated rings. The molecule has 1 aromatic rings. The third-order valence-electron chi connectivity index (χ3n) is 3.38. The zero-order chi connectivity index (χ0) is 13.0. The highest BCUT2D eigenvalue weighted by atomic mass is 35.5. The molecule has 1 aliphatic heterocycles. The van der Waals surface area contributed by atoms with E-state index in [0.717, 1.165) is 32.4 Å². The number of hydrogen-bond acceptors (Lipinski definition) is 3. The van der Waals surface area contributed by atoms with Gasteiger partial charge in [0, 0.05) is 25.5 Å². The van der Waals surface area contributed by atoms with Gasteiger partial charge in [0.2, 0.25) is 0 Å². The summed E-state index contributed by atoms with van der Waals surface area (Å²) in [5.41, 5.74) is 6.13. The summed E-state index contributed by atoms with van der Waals surface area (Å²) < 4.78 is 0. The second-order valence-electron chi connectivity index (χ2n) is 4.69. The van der Waals surface area contributed by atoms with Crippen LogP contribution >= 0.6 is 11.6 Å². The number of carbonyl (C=O) groups excluding carboxylic acids is 1. The molecule has 98 valence electrons. The average molecular weight is 268 g/mol. The first-order valence-corrected chi connectivity index (χ1v) is 6.69. The third kappa shape index (κ3) is 3.00. The molecule has 1 amide bonds. The van der Waals surface area contributed by atoms with Gasteiger partial charge < -0.3 is 10.6 Å². The highest BCUT2D eigenvalue weighted by molar-refractivity contribution is 6.33. The zero-order valence-corrected chi connectivity index (χ0v) is 11.1. The summed E-state index contributed by atoms with van der Waals surface area (Å²) >= 11 is 6.01. The Labute approximate surface area is 112 Å². The van der Waals surface area contributed by atoms with Crippen molar-refractivity contribution in [1.82, 2.24) is 9.88 Å². The fourth-order valence-electron chi connectivity index (χ4n) is 2.44. The van der Waals surface area contributed by atoms with Crippen LogP contribution in [-0.4, -0.2) is 35.4 Å². The number of pyridine rings is 1. The quantitative estimate of drug-likeness (QED) is 0.910. The molecule has 0 bridgehead atoms. The minimum atomic E-state index is 0.00382. The molecule has 4 nitrogen and oxygen atoms in total. The van der Waals surface area contributed by atoms with Crippen LogP contribution in [-0.2, 0) is 0 Å². The lowest BCUT2D eigenvalue weighted by atomic mass is 9.94. The Morgan fingerprint density at radius 3 is 3.17 bits per heavy atom. The number of rotatable bonds is 3. The number of nitrogens with zero attached hydrogens (tertiary/aromatic N) is 2. The van der Waals surface area contributed by atoms with Crippen LogP contribution in [0.1, 0.15) is 29.6 Å². The molecule has 5 heteroatoms. The number of hydrogen-bond donors (Lipinski definition) is 1. The van der Waals surface area contributed by atoms with Gasteiger partial charge in [-0.3, -0.25) is 9.78 Å². The first-order valence-electron chi connectivity index (χ1n) is 6.31. The molecule has 0 radical (unpaired) electrons. The van der Waals surface area contributed by atoms with Crippen LogP contribution in [0.4, 0.5) is 0 Å². The summed E-state index contributed by atoms with van der Waals surface area (Å²) in [6.07, 6.45) is 6.29. The van der Waals surface area contributed by atoms with Crippen molar-refractivity contribution in [2.24, 2.45) is 11.7 Å². The first-order chi connectivity index (χ1) is 8.72. The normalized spacial score (nSPS) is 19.9. The minimum absolute atomic E-state index is 0.00382. The number of nitrogens with two attached hydrogens (primary N) is 1. The maximum atomic E-state index is 12.4. The summed E-state index contributed by atoms with van der Waals surface area (Å²) in [6.45, 7) is 2.27. The predicted octanol–water partition coefficient (Wildman–Crippen LogP) is 1.94. The summed E-state index contributed by atoms with van der Waals surface area (Å²) in [7, 11) is 0. The molecule has 0 spiro atoms. The van der Waals surface area contributed by atoms with Crippen LogP contribution in [0.15, 0.2) is 18.5 Å². The Bertz CT molecular complexity index is 422. The van der Waals surface area contributed by atoms with Gasteiger partial charge in [-0.15, -0.1) is 0 Å². The maximum absolute atomic E-state index is 12.4. The van der Waals surface area contributed by atoms with Gasteiger partial charge in [-0.05, 0) is 37.8 Å². The Balaban J connectivity index is 2.07.